The van der Waals surface area contributed by atoms with Gasteiger partial charge in [-0.05, 0) is 17.5 Å². The molecule has 7 heteroatoms. The summed E-state index contributed by atoms with van der Waals surface area (Å²) in [7, 11) is 0. The van der Waals surface area contributed by atoms with E-state index < -0.39 is 0 Å². The highest BCUT2D eigenvalue weighted by molar-refractivity contribution is 6.05. The van der Waals surface area contributed by atoms with Crippen LogP contribution < -0.4 is 10.1 Å². The Morgan fingerprint density at radius 3 is 2.59 bits per heavy atom. The van der Waals surface area contributed by atoms with Gasteiger partial charge in [0.15, 0.2) is 0 Å². The Bertz CT molecular complexity index is 1020. The Hall–Kier alpha value is -3.48. The number of piperidine rings is 1. The number of amides is 2. The molecule has 0 saturated carbocycles. The number of nitrogens with zero attached hydrogens (tertiary/aromatic N) is 3. The molecule has 2 amide bonds. The Labute approximate surface area is 168 Å². The van der Waals surface area contributed by atoms with Crippen molar-refractivity contribution in [2.75, 3.05) is 18.4 Å². The first-order valence-electron chi connectivity index (χ1n) is 9.63. The van der Waals surface area contributed by atoms with Crippen molar-refractivity contribution in [3.05, 3.63) is 60.6 Å². The van der Waals surface area contributed by atoms with Crippen LogP contribution in [0.4, 0.5) is 5.69 Å². The normalized spacial score (nSPS) is 14.6. The van der Waals surface area contributed by atoms with Gasteiger partial charge in [0.25, 0.3) is 5.91 Å². The predicted molar refractivity (Wildman–Crippen MR) is 110 cm³/mol. The van der Waals surface area contributed by atoms with Crippen molar-refractivity contribution in [3.63, 3.8) is 0 Å². The average Bonchev–Trinajstić information content (AvgIpc) is 2.74. The van der Waals surface area contributed by atoms with Crippen LogP contribution in [0.1, 0.15) is 30.3 Å². The van der Waals surface area contributed by atoms with Crippen LogP contribution in [0.15, 0.2) is 54.9 Å². The molecule has 0 aliphatic carbocycles. The van der Waals surface area contributed by atoms with Gasteiger partial charge < -0.3 is 15.0 Å². The standard InChI is InChI=1S/C22H22N4O3/c1-15(27)25-17-6-7-20(24-14-17)29-18-9-12-26(13-10-18)22(28)21-19-5-3-2-4-16(19)8-11-23-21/h2-8,11,14,18H,9-10,12-13H2,1H3,(H,25,27). The van der Waals surface area contributed by atoms with Gasteiger partial charge in [0.2, 0.25) is 11.8 Å². The number of benzene rings is 1. The summed E-state index contributed by atoms with van der Waals surface area (Å²) in [6, 6.07) is 13.2. The minimum Gasteiger partial charge on any atom is -0.474 e. The van der Waals surface area contributed by atoms with Gasteiger partial charge in [-0.1, -0.05) is 24.3 Å². The van der Waals surface area contributed by atoms with Crippen molar-refractivity contribution in [2.45, 2.75) is 25.9 Å². The fraction of sp³-hybridized carbons (Fsp3) is 0.273. The van der Waals surface area contributed by atoms with Gasteiger partial charge in [-0.25, -0.2) is 4.98 Å². The second-order valence-electron chi connectivity index (χ2n) is 7.06. The lowest BCUT2D eigenvalue weighted by Gasteiger charge is -2.32. The van der Waals surface area contributed by atoms with Gasteiger partial charge in [-0.3, -0.25) is 14.6 Å². The fourth-order valence-electron chi connectivity index (χ4n) is 3.51. The molecule has 4 rings (SSSR count). The van der Waals surface area contributed by atoms with E-state index in [1.807, 2.05) is 35.2 Å². The van der Waals surface area contributed by atoms with E-state index in [2.05, 4.69) is 15.3 Å². The van der Waals surface area contributed by atoms with E-state index in [9.17, 15) is 9.59 Å². The lowest BCUT2D eigenvalue weighted by Crippen LogP contribution is -2.42. The first-order valence-corrected chi connectivity index (χ1v) is 9.63. The number of pyridine rings is 2. The van der Waals surface area contributed by atoms with Gasteiger partial charge in [0, 0.05) is 50.5 Å². The molecule has 1 saturated heterocycles. The molecule has 1 aliphatic rings. The number of hydrogen-bond donors (Lipinski definition) is 1. The zero-order chi connectivity index (χ0) is 20.2. The van der Waals surface area contributed by atoms with Crippen LogP contribution >= 0.6 is 0 Å². The lowest BCUT2D eigenvalue weighted by molar-refractivity contribution is -0.114. The van der Waals surface area contributed by atoms with Crippen molar-refractivity contribution >= 4 is 28.3 Å². The molecule has 3 aromatic rings. The highest BCUT2D eigenvalue weighted by atomic mass is 16.5. The molecule has 3 heterocycles. The van der Waals surface area contributed by atoms with Crippen LogP contribution in [0.3, 0.4) is 0 Å². The summed E-state index contributed by atoms with van der Waals surface area (Å²) >= 11 is 0. The molecular formula is C22H22N4O3. The number of carbonyl (C=O) groups is 2. The topological polar surface area (TPSA) is 84.4 Å². The molecule has 0 bridgehead atoms. The number of nitrogens with one attached hydrogen (secondary N) is 1. The quantitative estimate of drug-likeness (QED) is 0.739. The summed E-state index contributed by atoms with van der Waals surface area (Å²) < 4.78 is 5.94. The summed E-state index contributed by atoms with van der Waals surface area (Å²) in [5.41, 5.74) is 1.13. The maximum absolute atomic E-state index is 13.0. The molecule has 0 radical (unpaired) electrons. The van der Waals surface area contributed by atoms with E-state index in [1.54, 1.807) is 24.5 Å². The molecule has 2 aromatic heterocycles. The highest BCUT2D eigenvalue weighted by Gasteiger charge is 2.26. The summed E-state index contributed by atoms with van der Waals surface area (Å²) in [6.45, 7) is 2.67. The third-order valence-electron chi connectivity index (χ3n) is 4.95. The number of likely N-dealkylation sites (tertiary alicyclic amines) is 1. The van der Waals surface area contributed by atoms with Gasteiger partial charge in [-0.15, -0.1) is 0 Å². The molecule has 0 spiro atoms. The van der Waals surface area contributed by atoms with E-state index in [0.29, 0.717) is 30.4 Å². The lowest BCUT2D eigenvalue weighted by atomic mass is 10.1. The smallest absolute Gasteiger partial charge is 0.273 e. The van der Waals surface area contributed by atoms with Gasteiger partial charge >= 0.3 is 0 Å². The third kappa shape index (κ3) is 4.34. The zero-order valence-electron chi connectivity index (χ0n) is 16.2. The first-order chi connectivity index (χ1) is 14.1. The minimum absolute atomic E-state index is 0.00126. The Morgan fingerprint density at radius 1 is 1.07 bits per heavy atom. The van der Waals surface area contributed by atoms with Crippen molar-refractivity contribution in [3.8, 4) is 5.88 Å². The Kier molecular flexibility index (Phi) is 5.37. The van der Waals surface area contributed by atoms with Crippen molar-refractivity contribution in [1.29, 1.82) is 0 Å². The Morgan fingerprint density at radius 2 is 1.86 bits per heavy atom. The number of ether oxygens (including phenoxy) is 1. The monoisotopic (exact) mass is 390 g/mol. The second-order valence-corrected chi connectivity index (χ2v) is 7.06. The maximum atomic E-state index is 13.0. The van der Waals surface area contributed by atoms with E-state index in [4.69, 9.17) is 4.74 Å². The molecular weight excluding hydrogens is 368 g/mol. The van der Waals surface area contributed by atoms with E-state index in [1.165, 1.54) is 6.92 Å². The number of carbonyl (C=O) groups excluding carboxylic acids is 2. The first kappa shape index (κ1) is 18.9. The van der Waals surface area contributed by atoms with E-state index in [0.717, 1.165) is 23.6 Å². The van der Waals surface area contributed by atoms with Gasteiger partial charge in [0.05, 0.1) is 11.9 Å². The number of aromatic nitrogens is 2. The van der Waals surface area contributed by atoms with Gasteiger partial charge in [0.1, 0.15) is 11.8 Å². The molecule has 7 nitrogen and oxygen atoms in total. The van der Waals surface area contributed by atoms with Crippen LogP contribution in [0.5, 0.6) is 5.88 Å². The third-order valence-corrected chi connectivity index (χ3v) is 4.95. The predicted octanol–water partition coefficient (Wildman–Crippen LogP) is 3.27. The number of rotatable bonds is 4. The van der Waals surface area contributed by atoms with Crippen molar-refractivity contribution < 1.29 is 14.3 Å². The number of fused-ring (bicyclic) bond motifs is 1. The molecule has 1 aromatic carbocycles. The Balaban J connectivity index is 1.36. The average molecular weight is 390 g/mol. The zero-order valence-corrected chi connectivity index (χ0v) is 16.2. The van der Waals surface area contributed by atoms with Crippen LogP contribution in [-0.2, 0) is 4.79 Å². The maximum Gasteiger partial charge on any atom is 0.273 e. The summed E-state index contributed by atoms with van der Waals surface area (Å²) in [5.74, 6) is 0.329. The largest absolute Gasteiger partial charge is 0.474 e. The van der Waals surface area contributed by atoms with Crippen LogP contribution in [-0.4, -0.2) is 45.9 Å². The molecule has 29 heavy (non-hydrogen) atoms. The molecule has 1 N–H and O–H groups in total. The molecule has 1 fully saturated rings. The van der Waals surface area contributed by atoms with Crippen molar-refractivity contribution in [1.82, 2.24) is 14.9 Å². The number of hydrogen-bond acceptors (Lipinski definition) is 5. The highest BCUT2D eigenvalue weighted by Crippen LogP contribution is 2.22. The molecule has 0 unspecified atom stereocenters. The summed E-state index contributed by atoms with van der Waals surface area (Å²) in [4.78, 5) is 34.5. The minimum atomic E-state index is -0.141. The summed E-state index contributed by atoms with van der Waals surface area (Å²) in [5, 5.41) is 4.56. The van der Waals surface area contributed by atoms with Gasteiger partial charge in [-0.2, -0.15) is 0 Å². The number of anilines is 1. The molecule has 148 valence electrons. The summed E-state index contributed by atoms with van der Waals surface area (Å²) in [6.07, 6.45) is 4.71. The fourth-order valence-corrected chi connectivity index (χ4v) is 3.51. The van der Waals surface area contributed by atoms with E-state index in [-0.39, 0.29) is 17.9 Å². The van der Waals surface area contributed by atoms with Crippen LogP contribution in [0.25, 0.3) is 10.8 Å². The van der Waals surface area contributed by atoms with Crippen LogP contribution in [0, 0.1) is 0 Å². The van der Waals surface area contributed by atoms with Crippen LogP contribution in [0.2, 0.25) is 0 Å². The molecule has 1 aliphatic heterocycles. The second kappa shape index (κ2) is 8.26. The SMILES string of the molecule is CC(=O)Nc1ccc(OC2CCN(C(=O)c3nccc4ccccc34)CC2)nc1. The molecule has 0 atom stereocenters. The van der Waals surface area contributed by atoms with Crippen molar-refractivity contribution in [2.24, 2.45) is 0 Å². The van der Waals surface area contributed by atoms with E-state index >= 15 is 0 Å².